The molecule has 140 valence electrons. The fourth-order valence-electron chi connectivity index (χ4n) is 2.34. The van der Waals surface area contributed by atoms with Gasteiger partial charge in [0, 0.05) is 11.1 Å². The molecule has 1 amide bonds. The summed E-state index contributed by atoms with van der Waals surface area (Å²) in [7, 11) is 0. The van der Waals surface area contributed by atoms with Crippen LogP contribution in [0.2, 0.25) is 0 Å². The van der Waals surface area contributed by atoms with Gasteiger partial charge in [0.15, 0.2) is 6.61 Å². The number of nitriles is 2. The van der Waals surface area contributed by atoms with E-state index in [2.05, 4.69) is 11.4 Å². The van der Waals surface area contributed by atoms with Gasteiger partial charge in [-0.1, -0.05) is 12.1 Å². The lowest BCUT2D eigenvalue weighted by Gasteiger charge is -2.22. The van der Waals surface area contributed by atoms with Crippen molar-refractivity contribution in [2.24, 2.45) is 0 Å². The number of amides is 1. The third-order valence-corrected chi connectivity index (χ3v) is 4.39. The number of hydrogen-bond donors (Lipinski definition) is 1. The molecule has 1 N–H and O–H groups in total. The molecule has 0 aliphatic heterocycles. The highest BCUT2D eigenvalue weighted by Crippen LogP contribution is 2.26. The average molecular weight is 385 g/mol. The topological polar surface area (TPSA) is 112 Å². The van der Waals surface area contributed by atoms with E-state index in [9.17, 15) is 9.59 Å². The van der Waals surface area contributed by atoms with Gasteiger partial charge in [-0.15, -0.1) is 11.3 Å². The maximum absolute atomic E-state index is 12.2. The molecule has 0 saturated heterocycles. The van der Waals surface area contributed by atoms with E-state index < -0.39 is 30.3 Å². The average Bonchev–Trinajstić information content (AvgIpc) is 2.99. The Labute approximate surface area is 161 Å². The zero-order chi connectivity index (χ0) is 20.0. The van der Waals surface area contributed by atoms with Crippen LogP contribution in [0.5, 0.6) is 0 Å². The molecule has 0 fully saturated rings. The summed E-state index contributed by atoms with van der Waals surface area (Å²) in [4.78, 5) is 24.9. The number of rotatable bonds is 5. The number of carbonyl (C=O) groups is 2. The van der Waals surface area contributed by atoms with Crippen LogP contribution in [0, 0.1) is 22.7 Å². The summed E-state index contributed by atoms with van der Waals surface area (Å²) >= 11 is 1.35. The third-order valence-electron chi connectivity index (χ3n) is 3.39. The summed E-state index contributed by atoms with van der Waals surface area (Å²) in [6.45, 7) is 4.74. The van der Waals surface area contributed by atoms with Crippen LogP contribution < -0.4 is 5.32 Å². The molecule has 0 aliphatic carbocycles. The first-order chi connectivity index (χ1) is 12.7. The van der Waals surface area contributed by atoms with Crippen LogP contribution in [0.1, 0.15) is 31.2 Å². The summed E-state index contributed by atoms with van der Waals surface area (Å²) in [6, 6.07) is 10.2. The van der Waals surface area contributed by atoms with Crippen LogP contribution >= 0.6 is 11.3 Å². The first-order valence-electron chi connectivity index (χ1n) is 8.17. The van der Waals surface area contributed by atoms with Gasteiger partial charge in [-0.25, -0.2) is 9.59 Å². The number of thiophene rings is 1. The van der Waals surface area contributed by atoms with E-state index in [1.807, 2.05) is 18.2 Å². The molecule has 1 atom stereocenters. The van der Waals surface area contributed by atoms with Gasteiger partial charge in [0.05, 0.1) is 0 Å². The maximum atomic E-state index is 12.2. The Bertz CT molecular complexity index is 931. The van der Waals surface area contributed by atoms with Crippen molar-refractivity contribution in [2.45, 2.75) is 38.8 Å². The summed E-state index contributed by atoms with van der Waals surface area (Å²) in [5, 5.41) is 21.0. The fourth-order valence-corrected chi connectivity index (χ4v) is 3.26. The molecule has 1 aromatic heterocycles. The first-order valence-corrected chi connectivity index (χ1v) is 8.99. The molecular weight excluding hydrogens is 366 g/mol. The predicted octanol–water partition coefficient (Wildman–Crippen LogP) is 3.28. The molecule has 1 aromatic carbocycles. The SMILES string of the molecule is CC(C)(C)OC(=O)N[C@@H](Cc1ccc2cc(C#N)sc2c1)C(=O)OCC#N. The molecule has 2 aromatic rings. The lowest BCUT2D eigenvalue weighted by Crippen LogP contribution is -2.45. The van der Waals surface area contributed by atoms with Crippen molar-refractivity contribution in [1.29, 1.82) is 10.5 Å². The third kappa shape index (κ3) is 5.98. The van der Waals surface area contributed by atoms with E-state index in [0.717, 1.165) is 15.6 Å². The Balaban J connectivity index is 2.19. The molecule has 8 heteroatoms. The van der Waals surface area contributed by atoms with Gasteiger partial charge in [0.2, 0.25) is 0 Å². The number of benzene rings is 1. The number of carbonyl (C=O) groups excluding carboxylic acids is 2. The molecule has 0 spiro atoms. The van der Waals surface area contributed by atoms with Gasteiger partial charge in [-0.2, -0.15) is 10.5 Å². The van der Waals surface area contributed by atoms with Crippen LogP contribution in [0.4, 0.5) is 4.79 Å². The van der Waals surface area contributed by atoms with Crippen molar-refractivity contribution < 1.29 is 19.1 Å². The second-order valence-corrected chi connectivity index (χ2v) is 7.85. The number of esters is 1. The van der Waals surface area contributed by atoms with Gasteiger partial charge in [0.25, 0.3) is 0 Å². The van der Waals surface area contributed by atoms with Gasteiger partial charge in [-0.05, 0) is 43.9 Å². The molecule has 7 nitrogen and oxygen atoms in total. The number of hydrogen-bond acceptors (Lipinski definition) is 7. The molecule has 0 saturated carbocycles. The smallest absolute Gasteiger partial charge is 0.408 e. The van der Waals surface area contributed by atoms with Crippen molar-refractivity contribution >= 4 is 33.5 Å². The summed E-state index contributed by atoms with van der Waals surface area (Å²) < 4.78 is 11.0. The number of nitrogens with one attached hydrogen (secondary N) is 1. The van der Waals surface area contributed by atoms with Crippen LogP contribution in [-0.4, -0.2) is 30.3 Å². The lowest BCUT2D eigenvalue weighted by atomic mass is 10.0. The van der Waals surface area contributed by atoms with Crippen LogP contribution in [0.15, 0.2) is 24.3 Å². The van der Waals surface area contributed by atoms with Crippen molar-refractivity contribution in [3.05, 3.63) is 34.7 Å². The van der Waals surface area contributed by atoms with Crippen molar-refractivity contribution in [1.82, 2.24) is 5.32 Å². The van der Waals surface area contributed by atoms with E-state index in [1.165, 1.54) is 11.3 Å². The van der Waals surface area contributed by atoms with E-state index in [-0.39, 0.29) is 6.42 Å². The van der Waals surface area contributed by atoms with Gasteiger partial charge < -0.3 is 14.8 Å². The Morgan fingerprint density at radius 1 is 1.26 bits per heavy atom. The number of alkyl carbamates (subject to hydrolysis) is 1. The Morgan fingerprint density at radius 3 is 2.63 bits per heavy atom. The monoisotopic (exact) mass is 385 g/mol. The highest BCUT2D eigenvalue weighted by molar-refractivity contribution is 7.19. The highest BCUT2D eigenvalue weighted by Gasteiger charge is 2.26. The second-order valence-electron chi connectivity index (χ2n) is 6.76. The van der Waals surface area contributed by atoms with Crippen molar-refractivity contribution in [2.75, 3.05) is 6.61 Å². The molecule has 1 heterocycles. The quantitative estimate of drug-likeness (QED) is 0.791. The molecule has 0 aliphatic rings. The molecule has 27 heavy (non-hydrogen) atoms. The lowest BCUT2D eigenvalue weighted by molar-refractivity contribution is -0.144. The van der Waals surface area contributed by atoms with Crippen LogP contribution in [0.25, 0.3) is 10.1 Å². The molecule has 0 unspecified atom stereocenters. The normalized spacial score (nSPS) is 11.9. The Morgan fingerprint density at radius 2 is 2.00 bits per heavy atom. The zero-order valence-electron chi connectivity index (χ0n) is 15.2. The Hall–Kier alpha value is -3.10. The van der Waals surface area contributed by atoms with Crippen molar-refractivity contribution in [3.63, 3.8) is 0 Å². The van der Waals surface area contributed by atoms with E-state index in [0.29, 0.717) is 4.88 Å². The number of nitrogens with zero attached hydrogens (tertiary/aromatic N) is 2. The first kappa shape index (κ1) is 20.2. The largest absolute Gasteiger partial charge is 0.449 e. The number of ether oxygens (including phenoxy) is 2. The number of fused-ring (bicyclic) bond motifs is 1. The minimum atomic E-state index is -0.999. The maximum Gasteiger partial charge on any atom is 0.408 e. The zero-order valence-corrected chi connectivity index (χ0v) is 16.1. The summed E-state index contributed by atoms with van der Waals surface area (Å²) in [5.41, 5.74) is 0.0678. The van der Waals surface area contributed by atoms with E-state index in [4.69, 9.17) is 20.0 Å². The fraction of sp³-hybridized carbons (Fsp3) is 0.368. The molecule has 2 rings (SSSR count). The van der Waals surface area contributed by atoms with Gasteiger partial charge >= 0.3 is 12.1 Å². The standard InChI is InChI=1S/C19H19N3O4S/c1-19(2,3)26-18(24)22-15(17(23)25-7-6-20)8-12-4-5-13-10-14(11-21)27-16(13)9-12/h4-5,9-10,15H,7-8H2,1-3H3,(H,22,24)/t15-/m0/s1. The van der Waals surface area contributed by atoms with Gasteiger partial charge in [-0.3, -0.25) is 0 Å². The van der Waals surface area contributed by atoms with Gasteiger partial charge in [0.1, 0.15) is 28.7 Å². The second kappa shape index (κ2) is 8.52. The molecular formula is C19H19N3O4S. The summed E-state index contributed by atoms with van der Waals surface area (Å²) in [6.07, 6.45) is -0.579. The Kier molecular flexibility index (Phi) is 6.38. The van der Waals surface area contributed by atoms with E-state index in [1.54, 1.807) is 32.9 Å². The highest BCUT2D eigenvalue weighted by atomic mass is 32.1. The molecule has 0 radical (unpaired) electrons. The van der Waals surface area contributed by atoms with Crippen molar-refractivity contribution in [3.8, 4) is 12.1 Å². The van der Waals surface area contributed by atoms with Crippen LogP contribution in [0.3, 0.4) is 0 Å². The molecule has 0 bridgehead atoms. The van der Waals surface area contributed by atoms with E-state index >= 15 is 0 Å². The minimum Gasteiger partial charge on any atom is -0.449 e. The predicted molar refractivity (Wildman–Crippen MR) is 100.0 cm³/mol. The minimum absolute atomic E-state index is 0.166. The summed E-state index contributed by atoms with van der Waals surface area (Å²) in [5.74, 6) is -0.716. The van der Waals surface area contributed by atoms with Crippen LogP contribution in [-0.2, 0) is 20.7 Å².